The monoisotopic (exact) mass is 338 g/mol. The molecule has 0 radical (unpaired) electrons. The molecule has 2 heterocycles. The first-order valence-corrected chi connectivity index (χ1v) is 8.63. The van der Waals surface area contributed by atoms with Crippen molar-refractivity contribution in [2.24, 2.45) is 5.10 Å². The summed E-state index contributed by atoms with van der Waals surface area (Å²) in [6.45, 7) is 12.1. The first-order valence-electron chi connectivity index (χ1n) is 8.22. The third kappa shape index (κ3) is 5.60. The topological polar surface area (TPSA) is 65.9 Å². The minimum Gasteiger partial charge on any atom is -0.370 e. The Hall–Kier alpha value is -1.44. The van der Waals surface area contributed by atoms with Crippen molar-refractivity contribution in [3.63, 3.8) is 0 Å². The average Bonchev–Trinajstić information content (AvgIpc) is 2.89. The van der Waals surface area contributed by atoms with Gasteiger partial charge in [-0.3, -0.25) is 5.43 Å². The number of ether oxygens (including phenoxy) is 1. The van der Waals surface area contributed by atoms with Gasteiger partial charge >= 0.3 is 0 Å². The Balaban J connectivity index is 1.67. The van der Waals surface area contributed by atoms with E-state index in [9.17, 15) is 0 Å². The van der Waals surface area contributed by atoms with Gasteiger partial charge in [0, 0.05) is 30.4 Å². The van der Waals surface area contributed by atoms with Crippen LogP contribution in [0.25, 0.3) is 0 Å². The molecule has 128 valence electrons. The van der Waals surface area contributed by atoms with E-state index >= 15 is 0 Å². The zero-order valence-electron chi connectivity index (χ0n) is 14.3. The molecule has 0 aromatic carbocycles. The summed E-state index contributed by atoms with van der Waals surface area (Å²) in [5.41, 5.74) is 7.33. The maximum Gasteiger partial charge on any atom is 0.186 e. The highest BCUT2D eigenvalue weighted by Gasteiger charge is 2.12. The lowest BCUT2D eigenvalue weighted by Gasteiger charge is -2.23. The number of H-pyrrole nitrogens is 1. The number of aromatic amines is 1. The van der Waals surface area contributed by atoms with E-state index in [4.69, 9.17) is 17.0 Å². The van der Waals surface area contributed by atoms with E-state index in [1.54, 1.807) is 4.90 Å². The Morgan fingerprint density at radius 3 is 2.78 bits per heavy atom. The normalized spacial score (nSPS) is 16.4. The molecule has 0 unspecified atom stereocenters. The van der Waals surface area contributed by atoms with Gasteiger partial charge < -0.3 is 19.9 Å². The second-order valence-electron chi connectivity index (χ2n) is 6.00. The molecule has 1 fully saturated rings. The number of hydrazone groups is 1. The van der Waals surface area contributed by atoms with Crippen LogP contribution < -0.4 is 15.6 Å². The van der Waals surface area contributed by atoms with Gasteiger partial charge in [0.15, 0.2) is 5.11 Å². The number of aryl methyl sites for hydroxylation is 2. The van der Waals surface area contributed by atoms with Crippen LogP contribution in [0, 0.1) is 13.8 Å². The predicted octanol–water partition coefficient (Wildman–Crippen LogP) is 0.125. The van der Waals surface area contributed by atoms with Crippen molar-refractivity contribution >= 4 is 23.0 Å². The smallest absolute Gasteiger partial charge is 0.186 e. The Labute approximate surface area is 143 Å². The molecule has 1 aliphatic heterocycles. The molecule has 23 heavy (non-hydrogen) atoms. The molecule has 0 atom stereocenters. The molecule has 0 saturated carbocycles. The average molecular weight is 339 g/mol. The minimum atomic E-state index is 0.576. The highest BCUT2D eigenvalue weighted by atomic mass is 32.1. The van der Waals surface area contributed by atoms with Crippen LogP contribution in [0.15, 0.2) is 11.3 Å². The van der Waals surface area contributed by atoms with E-state index in [0.717, 1.165) is 62.8 Å². The van der Waals surface area contributed by atoms with Crippen molar-refractivity contribution in [2.75, 3.05) is 39.4 Å². The maximum atomic E-state index is 5.36. The first kappa shape index (κ1) is 17.9. The zero-order chi connectivity index (χ0) is 16.7. The molecule has 4 N–H and O–H groups in total. The van der Waals surface area contributed by atoms with Crippen LogP contribution >= 0.6 is 12.2 Å². The van der Waals surface area contributed by atoms with Gasteiger partial charge in [0.2, 0.25) is 0 Å². The molecule has 6 nitrogen and oxygen atoms in total. The fourth-order valence-corrected chi connectivity index (χ4v) is 3.04. The van der Waals surface area contributed by atoms with Gasteiger partial charge in [0.1, 0.15) is 13.1 Å². The van der Waals surface area contributed by atoms with E-state index in [0.29, 0.717) is 5.11 Å². The molecule has 0 aliphatic carbocycles. The van der Waals surface area contributed by atoms with Gasteiger partial charge in [-0.15, -0.1) is 0 Å². The van der Waals surface area contributed by atoms with Crippen LogP contribution in [0.1, 0.15) is 30.2 Å². The summed E-state index contributed by atoms with van der Waals surface area (Å²) in [6.07, 6.45) is 3.09. The molecule has 1 aliphatic rings. The van der Waals surface area contributed by atoms with Crippen molar-refractivity contribution in [3.8, 4) is 0 Å². The van der Waals surface area contributed by atoms with Crippen molar-refractivity contribution in [3.05, 3.63) is 23.0 Å². The number of hydrogen-bond acceptors (Lipinski definition) is 3. The second-order valence-corrected chi connectivity index (χ2v) is 6.41. The van der Waals surface area contributed by atoms with Crippen molar-refractivity contribution in [1.82, 2.24) is 15.7 Å². The number of quaternary nitrogens is 1. The van der Waals surface area contributed by atoms with Crippen LogP contribution in [0.3, 0.4) is 0 Å². The quantitative estimate of drug-likeness (QED) is 0.258. The number of hydrogen-bond donors (Lipinski definition) is 4. The zero-order valence-corrected chi connectivity index (χ0v) is 15.1. The van der Waals surface area contributed by atoms with Crippen LogP contribution in [-0.4, -0.2) is 55.2 Å². The number of thiocarbonyl (C=S) groups is 1. The lowest BCUT2D eigenvalue weighted by molar-refractivity contribution is -0.908. The van der Waals surface area contributed by atoms with E-state index < -0.39 is 0 Å². The van der Waals surface area contributed by atoms with E-state index in [1.807, 2.05) is 20.0 Å². The van der Waals surface area contributed by atoms with Gasteiger partial charge in [0.25, 0.3) is 0 Å². The van der Waals surface area contributed by atoms with E-state index in [1.165, 1.54) is 5.56 Å². The molecular formula is C16H28N5OS+. The van der Waals surface area contributed by atoms with Crippen LogP contribution in [-0.2, 0) is 4.74 Å². The summed E-state index contributed by atoms with van der Waals surface area (Å²) in [5, 5.41) is 8.17. The summed E-state index contributed by atoms with van der Waals surface area (Å²) in [4.78, 5) is 4.83. The number of nitrogens with zero attached hydrogens (tertiary/aromatic N) is 1. The number of nitrogens with one attached hydrogen (secondary N) is 4. The highest BCUT2D eigenvalue weighted by Crippen LogP contribution is 2.12. The summed E-state index contributed by atoms with van der Waals surface area (Å²) in [7, 11) is 0. The van der Waals surface area contributed by atoms with E-state index in [2.05, 4.69) is 27.8 Å². The van der Waals surface area contributed by atoms with Gasteiger partial charge in [-0.25, -0.2) is 0 Å². The maximum absolute atomic E-state index is 5.36. The molecule has 1 aromatic rings. The third-order valence-corrected chi connectivity index (χ3v) is 4.39. The minimum absolute atomic E-state index is 0.576. The molecule has 0 spiro atoms. The Bertz CT molecular complexity index is 529. The standard InChI is InChI=1S/C16H27N5OS/c1-12-11-18-13(2)15(12)14(3)19-20-16(23)17-5-4-6-21-7-9-22-10-8-21/h11,18H,4-10H2,1-3H3,(H2,17,20,23)/p+1/b19-14+. The second kappa shape index (κ2) is 9.00. The largest absolute Gasteiger partial charge is 0.370 e. The highest BCUT2D eigenvalue weighted by molar-refractivity contribution is 7.80. The molecule has 0 amide bonds. The van der Waals surface area contributed by atoms with Crippen molar-refractivity contribution in [1.29, 1.82) is 0 Å². The number of morpholine rings is 1. The first-order chi connectivity index (χ1) is 11.1. The molecule has 7 heteroatoms. The van der Waals surface area contributed by atoms with Gasteiger partial charge in [0.05, 0.1) is 25.5 Å². The Morgan fingerprint density at radius 1 is 1.39 bits per heavy atom. The molecule has 0 bridgehead atoms. The lowest BCUT2D eigenvalue weighted by Crippen LogP contribution is -3.14. The fourth-order valence-electron chi connectivity index (χ4n) is 2.89. The predicted molar refractivity (Wildman–Crippen MR) is 97.2 cm³/mol. The van der Waals surface area contributed by atoms with Crippen molar-refractivity contribution in [2.45, 2.75) is 27.2 Å². The molecular weight excluding hydrogens is 310 g/mol. The molecule has 1 aromatic heterocycles. The van der Waals surface area contributed by atoms with Gasteiger partial charge in [-0.2, -0.15) is 5.10 Å². The Kier molecular flexibility index (Phi) is 7.01. The summed E-state index contributed by atoms with van der Waals surface area (Å²) >= 11 is 5.27. The summed E-state index contributed by atoms with van der Waals surface area (Å²) < 4.78 is 5.36. The lowest BCUT2D eigenvalue weighted by atomic mass is 10.1. The third-order valence-electron chi connectivity index (χ3n) is 4.15. The van der Waals surface area contributed by atoms with E-state index in [-0.39, 0.29) is 0 Å². The van der Waals surface area contributed by atoms with Gasteiger partial charge in [-0.05, 0) is 38.6 Å². The van der Waals surface area contributed by atoms with Crippen molar-refractivity contribution < 1.29 is 9.64 Å². The molecule has 1 saturated heterocycles. The molecule has 2 rings (SSSR count). The van der Waals surface area contributed by atoms with Crippen LogP contribution in [0.5, 0.6) is 0 Å². The fraction of sp³-hybridized carbons (Fsp3) is 0.625. The summed E-state index contributed by atoms with van der Waals surface area (Å²) in [5.74, 6) is 0. The number of rotatable bonds is 6. The number of aromatic nitrogens is 1. The SMILES string of the molecule is C/C(=N\NC(=S)NCCC[NH+]1CCOCC1)c1c(C)c[nH]c1C. The summed E-state index contributed by atoms with van der Waals surface area (Å²) in [6, 6.07) is 0. The van der Waals surface area contributed by atoms with Gasteiger partial charge in [-0.1, -0.05) is 0 Å². The Morgan fingerprint density at radius 2 is 2.13 bits per heavy atom. The van der Waals surface area contributed by atoms with Crippen LogP contribution in [0.4, 0.5) is 0 Å². The van der Waals surface area contributed by atoms with Crippen LogP contribution in [0.2, 0.25) is 0 Å².